The SMILES string of the molecule is COc1ccc(C)cc1/C=C/C(=O)N1CCN(c2ccc(C(F)(F)F)cn2)CC1. The number of halogens is 3. The molecule has 0 radical (unpaired) electrons. The number of ether oxygens (including phenoxy) is 1. The van der Waals surface area contributed by atoms with Crippen LogP contribution in [-0.4, -0.2) is 49.1 Å². The number of hydrogen-bond acceptors (Lipinski definition) is 4. The normalized spacial score (nSPS) is 15.1. The summed E-state index contributed by atoms with van der Waals surface area (Å²) in [6, 6.07) is 8.13. The number of aromatic nitrogens is 1. The highest BCUT2D eigenvalue weighted by molar-refractivity contribution is 5.92. The van der Waals surface area contributed by atoms with Crippen LogP contribution in [0.1, 0.15) is 16.7 Å². The highest BCUT2D eigenvalue weighted by atomic mass is 19.4. The predicted octanol–water partition coefficient (Wildman–Crippen LogP) is 3.78. The van der Waals surface area contributed by atoms with Crippen LogP contribution in [0.25, 0.3) is 6.08 Å². The van der Waals surface area contributed by atoms with Crippen LogP contribution < -0.4 is 9.64 Å². The van der Waals surface area contributed by atoms with Gasteiger partial charge in [-0.3, -0.25) is 4.79 Å². The molecule has 1 aliphatic heterocycles. The van der Waals surface area contributed by atoms with Gasteiger partial charge in [0.2, 0.25) is 5.91 Å². The average Bonchev–Trinajstić information content (AvgIpc) is 2.71. The zero-order valence-electron chi connectivity index (χ0n) is 16.2. The van der Waals surface area contributed by atoms with Gasteiger partial charge in [-0.05, 0) is 37.3 Å². The van der Waals surface area contributed by atoms with Gasteiger partial charge in [-0.25, -0.2) is 4.98 Å². The van der Waals surface area contributed by atoms with E-state index in [-0.39, 0.29) is 5.91 Å². The third kappa shape index (κ3) is 5.07. The van der Waals surface area contributed by atoms with Crippen molar-refractivity contribution in [2.24, 2.45) is 0 Å². The number of aryl methyl sites for hydroxylation is 1. The van der Waals surface area contributed by atoms with Crippen LogP contribution in [0.3, 0.4) is 0 Å². The van der Waals surface area contributed by atoms with Gasteiger partial charge in [0.15, 0.2) is 0 Å². The van der Waals surface area contributed by atoms with E-state index in [2.05, 4.69) is 4.98 Å². The molecule has 5 nitrogen and oxygen atoms in total. The molecule has 0 bridgehead atoms. The molecule has 0 N–H and O–H groups in total. The molecule has 1 amide bonds. The van der Waals surface area contributed by atoms with E-state index in [0.29, 0.717) is 37.7 Å². The molecule has 0 aliphatic carbocycles. The number of nitrogens with zero attached hydrogens (tertiary/aromatic N) is 3. The van der Waals surface area contributed by atoms with Crippen molar-refractivity contribution in [2.75, 3.05) is 38.2 Å². The number of anilines is 1. The van der Waals surface area contributed by atoms with Crippen molar-refractivity contribution in [3.8, 4) is 5.75 Å². The Morgan fingerprint density at radius 1 is 1.14 bits per heavy atom. The molecule has 2 aromatic rings. The number of carbonyl (C=O) groups is 1. The minimum Gasteiger partial charge on any atom is -0.496 e. The smallest absolute Gasteiger partial charge is 0.417 e. The molecule has 3 rings (SSSR count). The molecular formula is C21H22F3N3O2. The highest BCUT2D eigenvalue weighted by Gasteiger charge is 2.31. The number of methoxy groups -OCH3 is 1. The van der Waals surface area contributed by atoms with Crippen molar-refractivity contribution in [2.45, 2.75) is 13.1 Å². The first-order valence-corrected chi connectivity index (χ1v) is 9.18. The van der Waals surface area contributed by atoms with Crippen molar-refractivity contribution in [3.05, 3.63) is 59.3 Å². The van der Waals surface area contributed by atoms with Gasteiger partial charge in [-0.1, -0.05) is 11.6 Å². The molecule has 1 fully saturated rings. The van der Waals surface area contributed by atoms with Crippen molar-refractivity contribution >= 4 is 17.8 Å². The van der Waals surface area contributed by atoms with Crippen molar-refractivity contribution in [3.63, 3.8) is 0 Å². The molecule has 1 aromatic carbocycles. The summed E-state index contributed by atoms with van der Waals surface area (Å²) >= 11 is 0. The van der Waals surface area contributed by atoms with Crippen LogP contribution in [-0.2, 0) is 11.0 Å². The molecule has 0 atom stereocenters. The second-order valence-electron chi connectivity index (χ2n) is 6.79. The molecule has 1 aliphatic rings. The first-order chi connectivity index (χ1) is 13.8. The third-order valence-corrected chi connectivity index (χ3v) is 4.78. The molecule has 154 valence electrons. The van der Waals surface area contributed by atoms with Crippen molar-refractivity contribution in [1.82, 2.24) is 9.88 Å². The fraction of sp³-hybridized carbons (Fsp3) is 0.333. The lowest BCUT2D eigenvalue weighted by Crippen LogP contribution is -2.48. The maximum atomic E-state index is 12.7. The number of benzene rings is 1. The van der Waals surface area contributed by atoms with Gasteiger partial charge in [0.1, 0.15) is 11.6 Å². The first-order valence-electron chi connectivity index (χ1n) is 9.18. The standard InChI is InChI=1S/C21H22F3N3O2/c1-15-3-6-18(29-2)16(13-15)4-8-20(28)27-11-9-26(10-12-27)19-7-5-17(14-25-19)21(22,23)24/h3-8,13-14H,9-12H2,1-2H3/b8-4+. The Morgan fingerprint density at radius 3 is 2.45 bits per heavy atom. The molecule has 1 aromatic heterocycles. The molecule has 0 saturated carbocycles. The summed E-state index contributed by atoms with van der Waals surface area (Å²) in [5.41, 5.74) is 1.12. The van der Waals surface area contributed by atoms with Crippen LogP contribution in [0, 0.1) is 6.92 Å². The largest absolute Gasteiger partial charge is 0.496 e. The van der Waals surface area contributed by atoms with Gasteiger partial charge in [0.25, 0.3) is 0 Å². The van der Waals surface area contributed by atoms with Gasteiger partial charge >= 0.3 is 6.18 Å². The van der Waals surface area contributed by atoms with Gasteiger partial charge in [-0.15, -0.1) is 0 Å². The average molecular weight is 405 g/mol. The lowest BCUT2D eigenvalue weighted by atomic mass is 10.1. The van der Waals surface area contributed by atoms with Gasteiger partial charge in [-0.2, -0.15) is 13.2 Å². The second-order valence-corrected chi connectivity index (χ2v) is 6.79. The van der Waals surface area contributed by atoms with E-state index in [9.17, 15) is 18.0 Å². The van der Waals surface area contributed by atoms with E-state index < -0.39 is 11.7 Å². The van der Waals surface area contributed by atoms with E-state index in [1.54, 1.807) is 18.1 Å². The monoisotopic (exact) mass is 405 g/mol. The molecule has 2 heterocycles. The summed E-state index contributed by atoms with van der Waals surface area (Å²) in [5, 5.41) is 0. The van der Waals surface area contributed by atoms with E-state index in [4.69, 9.17) is 4.74 Å². The molecule has 29 heavy (non-hydrogen) atoms. The van der Waals surface area contributed by atoms with Crippen molar-refractivity contribution < 1.29 is 22.7 Å². The molecule has 1 saturated heterocycles. The Bertz CT molecular complexity index is 887. The second kappa shape index (κ2) is 8.55. The molecule has 8 heteroatoms. The van der Waals surface area contributed by atoms with Gasteiger partial charge in [0.05, 0.1) is 12.7 Å². The number of amides is 1. The number of alkyl halides is 3. The van der Waals surface area contributed by atoms with Crippen LogP contribution >= 0.6 is 0 Å². The number of rotatable bonds is 4. The summed E-state index contributed by atoms with van der Waals surface area (Å²) in [6.45, 7) is 3.91. The topological polar surface area (TPSA) is 45.7 Å². The highest BCUT2D eigenvalue weighted by Crippen LogP contribution is 2.29. The van der Waals surface area contributed by atoms with E-state index in [1.165, 1.54) is 12.1 Å². The van der Waals surface area contributed by atoms with Gasteiger partial charge < -0.3 is 14.5 Å². The Hall–Kier alpha value is -3.03. The summed E-state index contributed by atoms with van der Waals surface area (Å²) in [6.07, 6.45) is -0.310. The molecular weight excluding hydrogens is 383 g/mol. The number of hydrogen-bond donors (Lipinski definition) is 0. The van der Waals surface area contributed by atoms with Crippen LogP contribution in [0.4, 0.5) is 19.0 Å². The summed E-state index contributed by atoms with van der Waals surface area (Å²) < 4.78 is 43.3. The number of piperazine rings is 1. The van der Waals surface area contributed by atoms with Crippen LogP contribution in [0.15, 0.2) is 42.6 Å². The number of pyridine rings is 1. The zero-order valence-corrected chi connectivity index (χ0v) is 16.2. The van der Waals surface area contributed by atoms with Gasteiger partial charge in [0, 0.05) is 44.0 Å². The fourth-order valence-corrected chi connectivity index (χ4v) is 3.15. The van der Waals surface area contributed by atoms with Crippen LogP contribution in [0.5, 0.6) is 5.75 Å². The maximum absolute atomic E-state index is 12.7. The Morgan fingerprint density at radius 2 is 1.86 bits per heavy atom. The first kappa shape index (κ1) is 20.7. The summed E-state index contributed by atoms with van der Waals surface area (Å²) in [7, 11) is 1.58. The Labute approximate surface area is 167 Å². The predicted molar refractivity (Wildman–Crippen MR) is 105 cm³/mol. The lowest BCUT2D eigenvalue weighted by molar-refractivity contribution is -0.137. The minimum atomic E-state index is -4.40. The summed E-state index contributed by atoms with van der Waals surface area (Å²) in [5.74, 6) is 1.05. The van der Waals surface area contributed by atoms with Crippen LogP contribution in [0.2, 0.25) is 0 Å². The quantitative estimate of drug-likeness (QED) is 0.727. The van der Waals surface area contributed by atoms with E-state index in [1.807, 2.05) is 30.0 Å². The van der Waals surface area contributed by atoms with E-state index >= 15 is 0 Å². The minimum absolute atomic E-state index is 0.117. The van der Waals surface area contributed by atoms with Crippen molar-refractivity contribution in [1.29, 1.82) is 0 Å². The summed E-state index contributed by atoms with van der Waals surface area (Å²) in [4.78, 5) is 20.0. The lowest BCUT2D eigenvalue weighted by Gasteiger charge is -2.35. The molecule has 0 unspecified atom stereocenters. The third-order valence-electron chi connectivity index (χ3n) is 4.78. The Kier molecular flexibility index (Phi) is 6.10. The van der Waals surface area contributed by atoms with E-state index in [0.717, 1.165) is 23.4 Å². The fourth-order valence-electron chi connectivity index (χ4n) is 3.15. The molecule has 0 spiro atoms. The number of carbonyl (C=O) groups excluding carboxylic acids is 1. The zero-order chi connectivity index (χ0) is 21.0. The Balaban J connectivity index is 1.59. The maximum Gasteiger partial charge on any atom is 0.417 e.